The Bertz CT molecular complexity index is 1150. The lowest BCUT2D eigenvalue weighted by atomic mass is 10.0. The third kappa shape index (κ3) is 3.46. The summed E-state index contributed by atoms with van der Waals surface area (Å²) >= 11 is 0. The van der Waals surface area contributed by atoms with E-state index in [1.807, 2.05) is 44.3 Å². The summed E-state index contributed by atoms with van der Waals surface area (Å²) in [5.74, 6) is 0.375. The Balaban J connectivity index is 1.84. The highest BCUT2D eigenvalue weighted by atomic mass is 19.1. The summed E-state index contributed by atoms with van der Waals surface area (Å²) in [4.78, 5) is 4.64. The van der Waals surface area contributed by atoms with Crippen LogP contribution in [0.4, 0.5) is 8.78 Å². The number of hydrogen-bond acceptors (Lipinski definition) is 4. The van der Waals surface area contributed by atoms with Crippen molar-refractivity contribution < 1.29 is 13.5 Å². The van der Waals surface area contributed by atoms with E-state index in [1.54, 1.807) is 28.7 Å². The predicted octanol–water partition coefficient (Wildman–Crippen LogP) is 4.12. The molecule has 3 heterocycles. The van der Waals surface area contributed by atoms with Gasteiger partial charge in [-0.05, 0) is 37.6 Å². The number of fused-ring (bicyclic) bond motifs is 1. The van der Waals surface area contributed by atoms with Gasteiger partial charge in [0.2, 0.25) is 0 Å². The van der Waals surface area contributed by atoms with E-state index < -0.39 is 19.5 Å². The first-order chi connectivity index (χ1) is 14.0. The third-order valence-electron chi connectivity index (χ3n) is 4.76. The maximum absolute atomic E-state index is 13.0. The number of hydrogen-bond donors (Lipinski definition) is 0. The smallest absolute Gasteiger partial charge is 0.155 e. The summed E-state index contributed by atoms with van der Waals surface area (Å²) in [6.45, 7) is 2.01. The molecule has 0 aliphatic heterocycles. The number of nitrogens with zero attached hydrogens (tertiary/aromatic N) is 5. The molecule has 0 N–H and O–H groups in total. The van der Waals surface area contributed by atoms with Gasteiger partial charge in [-0.15, -0.1) is 0 Å². The maximum atomic E-state index is 13.0. The molecule has 4 rings (SSSR count). The Kier molecular flexibility index (Phi) is 5.00. The van der Waals surface area contributed by atoms with Gasteiger partial charge in [0.25, 0.3) is 0 Å². The molecule has 8 heteroatoms. The van der Waals surface area contributed by atoms with E-state index in [2.05, 4.69) is 15.2 Å². The fourth-order valence-electron chi connectivity index (χ4n) is 3.39. The van der Waals surface area contributed by atoms with Crippen molar-refractivity contribution in [3.05, 3.63) is 54.0 Å². The number of rotatable bonds is 6. The number of ether oxygens (including phenoxy) is 1. The van der Waals surface area contributed by atoms with Crippen LogP contribution in [0.2, 0.25) is 0 Å². The van der Waals surface area contributed by atoms with Gasteiger partial charge in [0.15, 0.2) is 6.10 Å². The standard InChI is InChI=1S/C21H21F2N5O/c1-13-9-15(28-8-4-7-24-28)5-6-17(13)19-20-21(27(3)26-19)18(10-14(2)25-20)29-16(11-22)12-23/h4-10,16H,11-12H2,1-3H3. The Morgan fingerprint density at radius 1 is 1.14 bits per heavy atom. The highest BCUT2D eigenvalue weighted by Gasteiger charge is 2.21. The van der Waals surface area contributed by atoms with Gasteiger partial charge in [-0.3, -0.25) is 4.68 Å². The average molecular weight is 397 g/mol. The number of alkyl halides is 2. The zero-order chi connectivity index (χ0) is 20.5. The van der Waals surface area contributed by atoms with Crippen LogP contribution in [0.5, 0.6) is 5.75 Å². The third-order valence-corrected chi connectivity index (χ3v) is 4.76. The molecule has 0 unspecified atom stereocenters. The minimum absolute atomic E-state index is 0.375. The second kappa shape index (κ2) is 7.62. The Morgan fingerprint density at radius 3 is 2.59 bits per heavy atom. The van der Waals surface area contributed by atoms with Crippen LogP contribution in [0.15, 0.2) is 42.7 Å². The van der Waals surface area contributed by atoms with Crippen molar-refractivity contribution in [2.24, 2.45) is 7.05 Å². The molecule has 0 fully saturated rings. The zero-order valence-corrected chi connectivity index (χ0v) is 16.4. The van der Waals surface area contributed by atoms with Crippen molar-refractivity contribution >= 4 is 11.0 Å². The van der Waals surface area contributed by atoms with Crippen molar-refractivity contribution in [1.29, 1.82) is 0 Å². The minimum Gasteiger partial charge on any atom is -0.483 e. The Hall–Kier alpha value is -3.29. The number of benzene rings is 1. The fraction of sp³-hybridized carbons (Fsp3) is 0.286. The van der Waals surface area contributed by atoms with Crippen molar-refractivity contribution in [3.63, 3.8) is 0 Å². The lowest BCUT2D eigenvalue weighted by Gasteiger charge is -2.14. The van der Waals surface area contributed by atoms with E-state index in [0.29, 0.717) is 28.2 Å². The molecular formula is C21H21F2N5O. The van der Waals surface area contributed by atoms with E-state index in [9.17, 15) is 8.78 Å². The second-order valence-corrected chi connectivity index (χ2v) is 6.93. The molecular weight excluding hydrogens is 376 g/mol. The van der Waals surface area contributed by atoms with Gasteiger partial charge in [-0.2, -0.15) is 10.2 Å². The van der Waals surface area contributed by atoms with Gasteiger partial charge >= 0.3 is 0 Å². The summed E-state index contributed by atoms with van der Waals surface area (Å²) in [7, 11) is 1.77. The molecule has 0 spiro atoms. The largest absolute Gasteiger partial charge is 0.483 e. The van der Waals surface area contributed by atoms with E-state index in [1.165, 1.54) is 0 Å². The highest BCUT2D eigenvalue weighted by molar-refractivity contribution is 5.94. The first-order valence-electron chi connectivity index (χ1n) is 9.25. The van der Waals surface area contributed by atoms with Gasteiger partial charge in [0.05, 0.1) is 5.69 Å². The molecule has 0 bridgehead atoms. The number of pyridine rings is 1. The van der Waals surface area contributed by atoms with E-state index >= 15 is 0 Å². The van der Waals surface area contributed by atoms with Crippen molar-refractivity contribution in [2.45, 2.75) is 20.0 Å². The predicted molar refractivity (Wildman–Crippen MR) is 107 cm³/mol. The number of halogens is 2. The summed E-state index contributed by atoms with van der Waals surface area (Å²) in [6, 6.07) is 9.51. The van der Waals surface area contributed by atoms with Crippen molar-refractivity contribution in [1.82, 2.24) is 24.5 Å². The molecule has 150 valence electrons. The lowest BCUT2D eigenvalue weighted by molar-refractivity contribution is 0.135. The van der Waals surface area contributed by atoms with Crippen LogP contribution in [0.25, 0.3) is 28.0 Å². The normalized spacial score (nSPS) is 11.5. The SMILES string of the molecule is Cc1cc(OC(CF)CF)c2c(n1)c(-c1ccc(-n3cccn3)cc1C)nn2C. The quantitative estimate of drug-likeness (QED) is 0.491. The molecule has 0 atom stereocenters. The maximum Gasteiger partial charge on any atom is 0.155 e. The van der Waals surface area contributed by atoms with Crippen LogP contribution < -0.4 is 4.74 Å². The van der Waals surface area contributed by atoms with Crippen LogP contribution in [0.3, 0.4) is 0 Å². The number of aryl methyl sites for hydroxylation is 3. The van der Waals surface area contributed by atoms with E-state index in [4.69, 9.17) is 4.74 Å². The minimum atomic E-state index is -1.14. The van der Waals surface area contributed by atoms with Gasteiger partial charge in [0, 0.05) is 36.8 Å². The van der Waals surface area contributed by atoms with Crippen molar-refractivity contribution in [3.8, 4) is 22.7 Å². The van der Waals surface area contributed by atoms with Crippen LogP contribution in [0.1, 0.15) is 11.3 Å². The summed E-state index contributed by atoms with van der Waals surface area (Å²) < 4.78 is 35.0. The molecule has 4 aromatic rings. The molecule has 0 saturated heterocycles. The van der Waals surface area contributed by atoms with Gasteiger partial charge < -0.3 is 4.74 Å². The molecule has 29 heavy (non-hydrogen) atoms. The molecule has 1 aromatic carbocycles. The highest BCUT2D eigenvalue weighted by Crippen LogP contribution is 2.34. The monoisotopic (exact) mass is 397 g/mol. The molecule has 3 aromatic heterocycles. The topological polar surface area (TPSA) is 57.8 Å². The summed E-state index contributed by atoms with van der Waals surface area (Å²) in [5.41, 5.74) is 5.49. The fourth-order valence-corrected chi connectivity index (χ4v) is 3.39. The van der Waals surface area contributed by atoms with Crippen LogP contribution in [0, 0.1) is 13.8 Å². The molecule has 0 aliphatic carbocycles. The lowest BCUT2D eigenvalue weighted by Crippen LogP contribution is -2.21. The van der Waals surface area contributed by atoms with Crippen molar-refractivity contribution in [2.75, 3.05) is 13.3 Å². The van der Waals surface area contributed by atoms with Gasteiger partial charge in [-0.1, -0.05) is 6.07 Å². The Labute approximate surface area is 166 Å². The number of aromatic nitrogens is 5. The first kappa shape index (κ1) is 19.0. The van der Waals surface area contributed by atoms with E-state index in [0.717, 1.165) is 16.8 Å². The van der Waals surface area contributed by atoms with Gasteiger partial charge in [0.1, 0.15) is 35.8 Å². The molecule has 0 radical (unpaired) electrons. The van der Waals surface area contributed by atoms with Crippen LogP contribution in [-0.4, -0.2) is 44.0 Å². The van der Waals surface area contributed by atoms with Gasteiger partial charge in [-0.25, -0.2) is 18.4 Å². The summed E-state index contributed by atoms with van der Waals surface area (Å²) in [6.07, 6.45) is 2.46. The molecule has 6 nitrogen and oxygen atoms in total. The van der Waals surface area contributed by atoms with Crippen LogP contribution in [-0.2, 0) is 7.05 Å². The molecule has 0 amide bonds. The Morgan fingerprint density at radius 2 is 1.93 bits per heavy atom. The molecule has 0 aliphatic rings. The first-order valence-corrected chi connectivity index (χ1v) is 9.25. The zero-order valence-electron chi connectivity index (χ0n) is 16.4. The second-order valence-electron chi connectivity index (χ2n) is 6.93. The van der Waals surface area contributed by atoms with Crippen LogP contribution >= 0.6 is 0 Å². The molecule has 0 saturated carbocycles. The average Bonchev–Trinajstić information content (AvgIpc) is 3.34. The van der Waals surface area contributed by atoms with E-state index in [-0.39, 0.29) is 0 Å². The summed E-state index contributed by atoms with van der Waals surface area (Å²) in [5, 5.41) is 8.90.